The van der Waals surface area contributed by atoms with Crippen LogP contribution >= 0.6 is 0 Å². The molecule has 7 nitrogen and oxygen atoms in total. The molecule has 0 aliphatic rings. The number of aromatic nitrogens is 1. The van der Waals surface area contributed by atoms with Gasteiger partial charge >= 0.3 is 12.1 Å². The third-order valence-electron chi connectivity index (χ3n) is 4.19. The lowest BCUT2D eigenvalue weighted by molar-refractivity contribution is -0.157. The van der Waals surface area contributed by atoms with E-state index in [1.165, 1.54) is 0 Å². The first kappa shape index (κ1) is 22.1. The van der Waals surface area contributed by atoms with Crippen LogP contribution in [0.15, 0.2) is 71.3 Å². The number of nitrogens with zero attached hydrogens (tertiary/aromatic N) is 1. The third-order valence-corrected chi connectivity index (χ3v) is 4.19. The van der Waals surface area contributed by atoms with E-state index in [9.17, 15) is 9.59 Å². The number of benzene rings is 2. The van der Waals surface area contributed by atoms with Crippen molar-refractivity contribution in [3.8, 4) is 11.3 Å². The van der Waals surface area contributed by atoms with Crippen LogP contribution in [-0.2, 0) is 27.3 Å². The molecule has 7 heteroatoms. The SMILES string of the molecule is CC(C)(C)OC(=O)[C@H](Cc1ncc(-c2ccccc2)o1)NC(=O)OCc1ccccc1. The maximum atomic E-state index is 12.7. The van der Waals surface area contributed by atoms with Crippen LogP contribution in [0.2, 0.25) is 0 Å². The maximum absolute atomic E-state index is 12.7. The van der Waals surface area contributed by atoms with Crippen molar-refractivity contribution in [2.24, 2.45) is 0 Å². The van der Waals surface area contributed by atoms with Crippen LogP contribution in [0.25, 0.3) is 11.3 Å². The fraction of sp³-hybridized carbons (Fsp3) is 0.292. The molecule has 0 fully saturated rings. The van der Waals surface area contributed by atoms with Gasteiger partial charge in [0.25, 0.3) is 0 Å². The van der Waals surface area contributed by atoms with Gasteiger partial charge in [0.1, 0.15) is 18.2 Å². The van der Waals surface area contributed by atoms with Gasteiger partial charge in [-0.15, -0.1) is 0 Å². The molecule has 0 radical (unpaired) electrons. The van der Waals surface area contributed by atoms with Gasteiger partial charge in [-0.05, 0) is 26.3 Å². The van der Waals surface area contributed by atoms with Gasteiger partial charge in [-0.1, -0.05) is 60.7 Å². The van der Waals surface area contributed by atoms with E-state index >= 15 is 0 Å². The molecule has 1 N–H and O–H groups in total. The molecule has 3 rings (SSSR count). The van der Waals surface area contributed by atoms with Crippen molar-refractivity contribution in [2.75, 3.05) is 0 Å². The van der Waals surface area contributed by atoms with E-state index in [2.05, 4.69) is 10.3 Å². The molecular formula is C24H26N2O5. The van der Waals surface area contributed by atoms with Crippen LogP contribution in [-0.4, -0.2) is 28.7 Å². The number of carbonyl (C=O) groups excluding carboxylic acids is 2. The molecule has 0 unspecified atom stereocenters. The van der Waals surface area contributed by atoms with E-state index in [1.54, 1.807) is 27.0 Å². The Morgan fingerprint density at radius 3 is 2.32 bits per heavy atom. The topological polar surface area (TPSA) is 90.7 Å². The molecule has 162 valence electrons. The molecule has 0 bridgehead atoms. The Morgan fingerprint density at radius 2 is 1.68 bits per heavy atom. The minimum atomic E-state index is -1.01. The van der Waals surface area contributed by atoms with Gasteiger partial charge in [-0.3, -0.25) is 0 Å². The minimum absolute atomic E-state index is 0.0299. The highest BCUT2D eigenvalue weighted by atomic mass is 16.6. The molecule has 0 saturated carbocycles. The summed E-state index contributed by atoms with van der Waals surface area (Å²) >= 11 is 0. The highest BCUT2D eigenvalue weighted by molar-refractivity contribution is 5.81. The largest absolute Gasteiger partial charge is 0.458 e. The summed E-state index contributed by atoms with van der Waals surface area (Å²) in [6.45, 7) is 5.36. The summed E-state index contributed by atoms with van der Waals surface area (Å²) in [6, 6.07) is 17.8. The molecule has 1 aromatic heterocycles. The summed E-state index contributed by atoms with van der Waals surface area (Å²) in [7, 11) is 0. The van der Waals surface area contributed by atoms with Gasteiger partial charge in [0.2, 0.25) is 0 Å². The normalized spacial score (nSPS) is 12.1. The van der Waals surface area contributed by atoms with Crippen LogP contribution < -0.4 is 5.32 Å². The molecule has 1 atom stereocenters. The summed E-state index contributed by atoms with van der Waals surface area (Å²) in [5.41, 5.74) is 0.994. The van der Waals surface area contributed by atoms with E-state index in [-0.39, 0.29) is 13.0 Å². The number of hydrogen-bond donors (Lipinski definition) is 1. The first-order valence-electron chi connectivity index (χ1n) is 10.0. The zero-order valence-corrected chi connectivity index (χ0v) is 17.8. The van der Waals surface area contributed by atoms with E-state index in [0.717, 1.165) is 11.1 Å². The number of hydrogen-bond acceptors (Lipinski definition) is 6. The zero-order chi connectivity index (χ0) is 22.3. The van der Waals surface area contributed by atoms with Crippen molar-refractivity contribution in [3.05, 3.63) is 78.3 Å². The Kier molecular flexibility index (Phi) is 7.07. The number of carbonyl (C=O) groups is 2. The van der Waals surface area contributed by atoms with Crippen molar-refractivity contribution in [1.29, 1.82) is 0 Å². The molecule has 31 heavy (non-hydrogen) atoms. The Balaban J connectivity index is 1.68. The number of alkyl carbamates (subject to hydrolysis) is 1. The van der Waals surface area contributed by atoms with Crippen molar-refractivity contribution in [1.82, 2.24) is 10.3 Å². The highest BCUT2D eigenvalue weighted by Gasteiger charge is 2.29. The van der Waals surface area contributed by atoms with Crippen LogP contribution in [0.1, 0.15) is 32.2 Å². The van der Waals surface area contributed by atoms with E-state index in [4.69, 9.17) is 13.9 Å². The number of amides is 1. The Labute approximate surface area is 181 Å². The highest BCUT2D eigenvalue weighted by Crippen LogP contribution is 2.21. The monoisotopic (exact) mass is 422 g/mol. The summed E-state index contributed by atoms with van der Waals surface area (Å²) < 4.78 is 16.5. The van der Waals surface area contributed by atoms with Crippen LogP contribution in [0.5, 0.6) is 0 Å². The molecule has 0 spiro atoms. The predicted octanol–water partition coefficient (Wildman–Crippen LogP) is 4.52. The molecule has 1 amide bonds. The second-order valence-corrected chi connectivity index (χ2v) is 7.98. The molecule has 0 aliphatic heterocycles. The second kappa shape index (κ2) is 9.93. The molecule has 3 aromatic rings. The second-order valence-electron chi connectivity index (χ2n) is 7.98. The lowest BCUT2D eigenvalue weighted by Gasteiger charge is -2.23. The summed E-state index contributed by atoms with van der Waals surface area (Å²) in [4.78, 5) is 29.3. The molecule has 0 saturated heterocycles. The molecule has 0 aliphatic carbocycles. The van der Waals surface area contributed by atoms with Gasteiger partial charge in [-0.25, -0.2) is 14.6 Å². The fourth-order valence-electron chi connectivity index (χ4n) is 2.79. The fourth-order valence-corrected chi connectivity index (χ4v) is 2.79. The van der Waals surface area contributed by atoms with Crippen LogP contribution in [0, 0.1) is 0 Å². The zero-order valence-electron chi connectivity index (χ0n) is 17.8. The van der Waals surface area contributed by atoms with E-state index in [1.807, 2.05) is 60.7 Å². The lowest BCUT2D eigenvalue weighted by atomic mass is 10.1. The van der Waals surface area contributed by atoms with Gasteiger partial charge in [0.15, 0.2) is 11.7 Å². The van der Waals surface area contributed by atoms with Crippen LogP contribution in [0.3, 0.4) is 0 Å². The van der Waals surface area contributed by atoms with Crippen molar-refractivity contribution < 1.29 is 23.5 Å². The van der Waals surface area contributed by atoms with Crippen molar-refractivity contribution >= 4 is 12.1 Å². The molecule has 1 heterocycles. The number of rotatable bonds is 7. The number of ether oxygens (including phenoxy) is 2. The first-order valence-corrected chi connectivity index (χ1v) is 10.0. The van der Waals surface area contributed by atoms with Gasteiger partial charge in [-0.2, -0.15) is 0 Å². The average molecular weight is 422 g/mol. The number of nitrogens with one attached hydrogen (secondary N) is 1. The van der Waals surface area contributed by atoms with Gasteiger partial charge in [0.05, 0.1) is 12.6 Å². The van der Waals surface area contributed by atoms with E-state index < -0.39 is 23.7 Å². The first-order chi connectivity index (χ1) is 14.8. The van der Waals surface area contributed by atoms with Crippen molar-refractivity contribution in [2.45, 2.75) is 45.4 Å². The van der Waals surface area contributed by atoms with Gasteiger partial charge < -0.3 is 19.2 Å². The standard InChI is InChI=1S/C24H26N2O5/c1-24(2,3)31-22(27)19(26-23(28)29-16-17-10-6-4-7-11-17)14-21-25-15-20(30-21)18-12-8-5-9-13-18/h4-13,15,19H,14,16H2,1-3H3,(H,26,28)/t19-/m0/s1. The van der Waals surface area contributed by atoms with Crippen molar-refractivity contribution in [3.63, 3.8) is 0 Å². The quantitative estimate of drug-likeness (QED) is 0.563. The smallest absolute Gasteiger partial charge is 0.408 e. The summed E-state index contributed by atoms with van der Waals surface area (Å²) in [5, 5.41) is 2.57. The van der Waals surface area contributed by atoms with Crippen LogP contribution in [0.4, 0.5) is 4.79 Å². The lowest BCUT2D eigenvalue weighted by Crippen LogP contribution is -2.45. The average Bonchev–Trinajstić information content (AvgIpc) is 3.21. The van der Waals surface area contributed by atoms with E-state index in [0.29, 0.717) is 11.7 Å². The molecular weight excluding hydrogens is 396 g/mol. The maximum Gasteiger partial charge on any atom is 0.408 e. The Hall–Kier alpha value is -3.61. The third kappa shape index (κ3) is 6.99. The minimum Gasteiger partial charge on any atom is -0.458 e. The number of esters is 1. The molecule has 2 aromatic carbocycles. The summed E-state index contributed by atoms with van der Waals surface area (Å²) in [5.74, 6) is 0.284. The Bertz CT molecular complexity index is 994. The Morgan fingerprint density at radius 1 is 1.03 bits per heavy atom. The summed E-state index contributed by atoms with van der Waals surface area (Å²) in [6.07, 6.45) is 0.891. The number of oxazole rings is 1. The van der Waals surface area contributed by atoms with Gasteiger partial charge in [0, 0.05) is 5.56 Å². The predicted molar refractivity (Wildman–Crippen MR) is 115 cm³/mol.